The summed E-state index contributed by atoms with van der Waals surface area (Å²) >= 11 is 0. The SMILES string of the molecule is Cc1nccnc1C1CC(=O)CCO1. The van der Waals surface area contributed by atoms with Crippen LogP contribution in [0.4, 0.5) is 0 Å². The number of aryl methyl sites for hydroxylation is 1. The Bertz CT molecular complexity index is 352. The maximum atomic E-state index is 11.2. The molecule has 2 heterocycles. The van der Waals surface area contributed by atoms with E-state index in [4.69, 9.17) is 4.74 Å². The first-order valence-electron chi connectivity index (χ1n) is 4.68. The molecule has 0 spiro atoms. The maximum absolute atomic E-state index is 11.2. The molecule has 1 aromatic rings. The van der Waals surface area contributed by atoms with E-state index in [1.54, 1.807) is 12.4 Å². The van der Waals surface area contributed by atoms with Crippen molar-refractivity contribution in [2.45, 2.75) is 25.9 Å². The number of nitrogens with zero attached hydrogens (tertiary/aromatic N) is 2. The molecule has 2 rings (SSSR count). The summed E-state index contributed by atoms with van der Waals surface area (Å²) in [5.74, 6) is 0.242. The summed E-state index contributed by atoms with van der Waals surface area (Å²) in [7, 11) is 0. The van der Waals surface area contributed by atoms with Gasteiger partial charge in [0.25, 0.3) is 0 Å². The van der Waals surface area contributed by atoms with Gasteiger partial charge in [0.15, 0.2) is 0 Å². The average molecular weight is 192 g/mol. The summed E-state index contributed by atoms with van der Waals surface area (Å²) in [4.78, 5) is 19.6. The lowest BCUT2D eigenvalue weighted by Gasteiger charge is -2.21. The molecular formula is C10H12N2O2. The lowest BCUT2D eigenvalue weighted by Crippen LogP contribution is -2.21. The molecule has 1 fully saturated rings. The first-order chi connectivity index (χ1) is 6.77. The summed E-state index contributed by atoms with van der Waals surface area (Å²) < 4.78 is 5.49. The van der Waals surface area contributed by atoms with Crippen LogP contribution < -0.4 is 0 Å². The van der Waals surface area contributed by atoms with Crippen LogP contribution in [0.15, 0.2) is 12.4 Å². The second kappa shape index (κ2) is 3.84. The Morgan fingerprint density at radius 3 is 2.93 bits per heavy atom. The number of rotatable bonds is 1. The summed E-state index contributed by atoms with van der Waals surface area (Å²) in [6.07, 6.45) is 4.04. The molecule has 1 aliphatic heterocycles. The van der Waals surface area contributed by atoms with Crippen LogP contribution in [0.2, 0.25) is 0 Å². The van der Waals surface area contributed by atoms with Crippen molar-refractivity contribution in [1.82, 2.24) is 9.97 Å². The van der Waals surface area contributed by atoms with Gasteiger partial charge >= 0.3 is 0 Å². The number of ketones is 1. The molecule has 0 saturated carbocycles. The number of hydrogen-bond donors (Lipinski definition) is 0. The van der Waals surface area contributed by atoms with Gasteiger partial charge in [-0.3, -0.25) is 14.8 Å². The smallest absolute Gasteiger partial charge is 0.138 e. The van der Waals surface area contributed by atoms with Crippen LogP contribution in [0.3, 0.4) is 0 Å². The first-order valence-corrected chi connectivity index (χ1v) is 4.68. The van der Waals surface area contributed by atoms with Gasteiger partial charge in [0.1, 0.15) is 11.9 Å². The second-order valence-electron chi connectivity index (χ2n) is 3.38. The minimum Gasteiger partial charge on any atom is -0.371 e. The van der Waals surface area contributed by atoms with Crippen molar-refractivity contribution >= 4 is 5.78 Å². The maximum Gasteiger partial charge on any atom is 0.138 e. The molecule has 0 bridgehead atoms. The van der Waals surface area contributed by atoms with E-state index in [2.05, 4.69) is 9.97 Å². The topological polar surface area (TPSA) is 52.1 Å². The Morgan fingerprint density at radius 2 is 2.21 bits per heavy atom. The number of aromatic nitrogens is 2. The summed E-state index contributed by atoms with van der Waals surface area (Å²) in [6, 6.07) is 0. The van der Waals surface area contributed by atoms with Crippen LogP contribution in [0.1, 0.15) is 30.3 Å². The van der Waals surface area contributed by atoms with E-state index in [1.165, 1.54) is 0 Å². The molecule has 14 heavy (non-hydrogen) atoms. The molecule has 1 atom stereocenters. The first kappa shape index (κ1) is 9.27. The summed E-state index contributed by atoms with van der Waals surface area (Å²) in [6.45, 7) is 2.38. The number of carbonyl (C=O) groups excluding carboxylic acids is 1. The number of ether oxygens (including phenoxy) is 1. The molecule has 4 heteroatoms. The predicted molar refractivity (Wildman–Crippen MR) is 49.7 cm³/mol. The van der Waals surface area contributed by atoms with Gasteiger partial charge in [0.05, 0.1) is 18.0 Å². The highest BCUT2D eigenvalue weighted by atomic mass is 16.5. The molecule has 0 radical (unpaired) electrons. The highest BCUT2D eigenvalue weighted by Gasteiger charge is 2.24. The Hall–Kier alpha value is -1.29. The van der Waals surface area contributed by atoms with E-state index in [1.807, 2.05) is 6.92 Å². The van der Waals surface area contributed by atoms with Crippen molar-refractivity contribution in [2.24, 2.45) is 0 Å². The fourth-order valence-electron chi connectivity index (χ4n) is 1.59. The molecule has 0 N–H and O–H groups in total. The van der Waals surface area contributed by atoms with Crippen LogP contribution in [0.5, 0.6) is 0 Å². The Balaban J connectivity index is 2.22. The Labute approximate surface area is 82.3 Å². The van der Waals surface area contributed by atoms with Gasteiger partial charge < -0.3 is 4.74 Å². The third-order valence-corrected chi connectivity index (χ3v) is 2.34. The van der Waals surface area contributed by atoms with Gasteiger partial charge in [-0.2, -0.15) is 0 Å². The number of Topliss-reactive ketones (excluding diaryl/α,β-unsaturated/α-hetero) is 1. The Morgan fingerprint density at radius 1 is 1.43 bits per heavy atom. The van der Waals surface area contributed by atoms with Gasteiger partial charge in [-0.1, -0.05) is 0 Å². The van der Waals surface area contributed by atoms with Gasteiger partial charge in [0, 0.05) is 25.2 Å². The van der Waals surface area contributed by atoms with Crippen molar-refractivity contribution < 1.29 is 9.53 Å². The minimum absolute atomic E-state index is 0.190. The fourth-order valence-corrected chi connectivity index (χ4v) is 1.59. The zero-order chi connectivity index (χ0) is 9.97. The molecule has 1 aliphatic rings. The lowest BCUT2D eigenvalue weighted by atomic mass is 10.0. The number of hydrogen-bond acceptors (Lipinski definition) is 4. The average Bonchev–Trinajstić information content (AvgIpc) is 2.18. The van der Waals surface area contributed by atoms with Crippen molar-refractivity contribution in [3.05, 3.63) is 23.8 Å². The van der Waals surface area contributed by atoms with E-state index in [-0.39, 0.29) is 11.9 Å². The number of carbonyl (C=O) groups is 1. The highest BCUT2D eigenvalue weighted by molar-refractivity contribution is 5.79. The molecular weight excluding hydrogens is 180 g/mol. The quantitative estimate of drug-likeness (QED) is 0.671. The zero-order valence-electron chi connectivity index (χ0n) is 8.06. The molecule has 1 saturated heterocycles. The third-order valence-electron chi connectivity index (χ3n) is 2.34. The van der Waals surface area contributed by atoms with Crippen LogP contribution in [-0.2, 0) is 9.53 Å². The fraction of sp³-hybridized carbons (Fsp3) is 0.500. The van der Waals surface area contributed by atoms with Crippen molar-refractivity contribution in [3.63, 3.8) is 0 Å². The van der Waals surface area contributed by atoms with E-state index < -0.39 is 0 Å². The second-order valence-corrected chi connectivity index (χ2v) is 3.38. The Kier molecular flexibility index (Phi) is 2.54. The molecule has 1 unspecified atom stereocenters. The predicted octanol–water partition coefficient (Wildman–Crippen LogP) is 1.21. The largest absolute Gasteiger partial charge is 0.371 e. The van der Waals surface area contributed by atoms with E-state index >= 15 is 0 Å². The van der Waals surface area contributed by atoms with Crippen LogP contribution in [0, 0.1) is 6.92 Å². The van der Waals surface area contributed by atoms with Gasteiger partial charge in [-0.15, -0.1) is 0 Å². The molecule has 74 valence electrons. The molecule has 0 aliphatic carbocycles. The van der Waals surface area contributed by atoms with Crippen LogP contribution >= 0.6 is 0 Å². The van der Waals surface area contributed by atoms with Gasteiger partial charge in [-0.05, 0) is 6.92 Å². The summed E-state index contributed by atoms with van der Waals surface area (Å²) in [5.41, 5.74) is 1.63. The van der Waals surface area contributed by atoms with Crippen LogP contribution in [-0.4, -0.2) is 22.4 Å². The van der Waals surface area contributed by atoms with Gasteiger partial charge in [0.2, 0.25) is 0 Å². The van der Waals surface area contributed by atoms with Crippen molar-refractivity contribution in [2.75, 3.05) is 6.61 Å². The minimum atomic E-state index is -0.190. The van der Waals surface area contributed by atoms with E-state index in [0.29, 0.717) is 19.4 Å². The monoisotopic (exact) mass is 192 g/mol. The standard InChI is InChI=1S/C10H12N2O2/c1-7-10(12-4-3-11-7)9-6-8(13)2-5-14-9/h3-4,9H,2,5-6H2,1H3. The van der Waals surface area contributed by atoms with E-state index in [9.17, 15) is 4.79 Å². The summed E-state index contributed by atoms with van der Waals surface area (Å²) in [5, 5.41) is 0. The lowest BCUT2D eigenvalue weighted by molar-refractivity contribution is -0.128. The highest BCUT2D eigenvalue weighted by Crippen LogP contribution is 2.25. The molecule has 0 aromatic carbocycles. The molecule has 1 aromatic heterocycles. The van der Waals surface area contributed by atoms with Gasteiger partial charge in [-0.25, -0.2) is 0 Å². The molecule has 0 amide bonds. The van der Waals surface area contributed by atoms with Crippen LogP contribution in [0.25, 0.3) is 0 Å². The van der Waals surface area contributed by atoms with Crippen molar-refractivity contribution in [1.29, 1.82) is 0 Å². The zero-order valence-corrected chi connectivity index (χ0v) is 8.06. The third kappa shape index (κ3) is 1.80. The normalized spacial score (nSPS) is 22.4. The molecule has 4 nitrogen and oxygen atoms in total. The van der Waals surface area contributed by atoms with E-state index in [0.717, 1.165) is 11.4 Å². The van der Waals surface area contributed by atoms with Crippen molar-refractivity contribution in [3.8, 4) is 0 Å².